The number of nitrogens with one attached hydrogen (secondary N) is 1. The first-order valence-electron chi connectivity index (χ1n) is 7.50. The van der Waals surface area contributed by atoms with Gasteiger partial charge in [0.15, 0.2) is 5.78 Å². The Bertz CT molecular complexity index is 846. The number of nitrogens with zero attached hydrogens (tertiary/aromatic N) is 3. The van der Waals surface area contributed by atoms with Gasteiger partial charge in [-0.15, -0.1) is 0 Å². The van der Waals surface area contributed by atoms with Crippen LogP contribution in [0.3, 0.4) is 0 Å². The highest BCUT2D eigenvalue weighted by Crippen LogP contribution is 2.37. The van der Waals surface area contributed by atoms with Gasteiger partial charge in [-0.1, -0.05) is 11.6 Å². The highest BCUT2D eigenvalue weighted by atomic mass is 35.5. The molecule has 0 fully saturated rings. The summed E-state index contributed by atoms with van der Waals surface area (Å²) in [6.07, 6.45) is 2.21. The zero-order valence-corrected chi connectivity index (χ0v) is 13.4. The lowest BCUT2D eigenvalue weighted by Gasteiger charge is -2.31. The van der Waals surface area contributed by atoms with Gasteiger partial charge in [0.05, 0.1) is 22.6 Å². The van der Waals surface area contributed by atoms with Crippen molar-refractivity contribution in [1.82, 2.24) is 10.3 Å². The van der Waals surface area contributed by atoms with Gasteiger partial charge in [0, 0.05) is 29.7 Å². The molecule has 0 spiro atoms. The number of aliphatic imine (C=N–C) groups is 1. The molecule has 0 bridgehead atoms. The molecule has 1 N–H and O–H groups in total. The van der Waals surface area contributed by atoms with E-state index in [1.54, 1.807) is 12.3 Å². The summed E-state index contributed by atoms with van der Waals surface area (Å²) in [5.74, 6) is 0.863. The Labute approximate surface area is 139 Å². The monoisotopic (exact) mass is 326 g/mol. The van der Waals surface area contributed by atoms with Crippen molar-refractivity contribution >= 4 is 34.6 Å². The zero-order chi connectivity index (χ0) is 16.0. The first-order chi connectivity index (χ1) is 11.1. The van der Waals surface area contributed by atoms with Crippen LogP contribution >= 0.6 is 11.6 Å². The van der Waals surface area contributed by atoms with Gasteiger partial charge in [-0.2, -0.15) is 0 Å². The number of aryl methyl sites for hydroxylation is 1. The SMILES string of the molecule is Cc1ncccc1N1CN=C2NCCC(=O)c3cc(Cl)cc1c32. The van der Waals surface area contributed by atoms with Gasteiger partial charge in [0.1, 0.15) is 12.5 Å². The molecular weight excluding hydrogens is 312 g/mol. The molecular formula is C17H15ClN4O. The molecule has 0 unspecified atom stereocenters. The molecule has 23 heavy (non-hydrogen) atoms. The number of pyridine rings is 1. The zero-order valence-electron chi connectivity index (χ0n) is 12.6. The lowest BCUT2D eigenvalue weighted by molar-refractivity contribution is 0.0985. The fraction of sp³-hybridized carbons (Fsp3) is 0.235. The van der Waals surface area contributed by atoms with Crippen LogP contribution in [-0.4, -0.2) is 29.8 Å². The molecule has 1 aromatic heterocycles. The normalized spacial score (nSPS) is 16.3. The summed E-state index contributed by atoms with van der Waals surface area (Å²) in [6, 6.07) is 7.53. The molecule has 5 nitrogen and oxygen atoms in total. The second kappa shape index (κ2) is 5.35. The number of ketones is 1. The smallest absolute Gasteiger partial charge is 0.165 e. The van der Waals surface area contributed by atoms with Crippen molar-refractivity contribution in [2.45, 2.75) is 13.3 Å². The maximum Gasteiger partial charge on any atom is 0.165 e. The minimum atomic E-state index is 0.0891. The third-order valence-corrected chi connectivity index (χ3v) is 4.41. The number of carbonyl (C=O) groups is 1. The van der Waals surface area contributed by atoms with Crippen LogP contribution in [-0.2, 0) is 0 Å². The van der Waals surface area contributed by atoms with Crippen molar-refractivity contribution in [3.05, 3.63) is 52.3 Å². The molecule has 2 aromatic rings. The molecule has 1 aromatic carbocycles. The average Bonchev–Trinajstić information content (AvgIpc) is 2.69. The number of carbonyl (C=O) groups excluding carboxylic acids is 1. The van der Waals surface area contributed by atoms with Crippen LogP contribution in [0.15, 0.2) is 35.5 Å². The maximum atomic E-state index is 12.4. The van der Waals surface area contributed by atoms with Crippen LogP contribution in [0.25, 0.3) is 0 Å². The number of hydrogen-bond acceptors (Lipinski definition) is 5. The van der Waals surface area contributed by atoms with E-state index in [2.05, 4.69) is 20.2 Å². The van der Waals surface area contributed by atoms with Crippen molar-refractivity contribution in [2.75, 3.05) is 18.1 Å². The summed E-state index contributed by atoms with van der Waals surface area (Å²) >= 11 is 6.29. The molecule has 4 rings (SSSR count). The molecule has 0 amide bonds. The molecule has 2 aliphatic rings. The Morgan fingerprint density at radius 3 is 3.00 bits per heavy atom. The van der Waals surface area contributed by atoms with Crippen LogP contribution in [0.1, 0.15) is 28.0 Å². The Morgan fingerprint density at radius 1 is 1.30 bits per heavy atom. The van der Waals surface area contributed by atoms with Gasteiger partial charge in [-0.25, -0.2) is 4.99 Å². The number of hydrogen-bond donors (Lipinski definition) is 1. The van der Waals surface area contributed by atoms with Gasteiger partial charge in [-0.3, -0.25) is 9.78 Å². The van der Waals surface area contributed by atoms with E-state index in [0.29, 0.717) is 30.2 Å². The van der Waals surface area contributed by atoms with Crippen LogP contribution in [0.5, 0.6) is 0 Å². The molecule has 0 aliphatic carbocycles. The highest BCUT2D eigenvalue weighted by molar-refractivity contribution is 6.32. The molecule has 0 atom stereocenters. The van der Waals surface area contributed by atoms with E-state index >= 15 is 0 Å². The van der Waals surface area contributed by atoms with E-state index in [0.717, 1.165) is 28.5 Å². The Hall–Kier alpha value is -2.40. The van der Waals surface area contributed by atoms with E-state index < -0.39 is 0 Å². The summed E-state index contributed by atoms with van der Waals surface area (Å²) in [5, 5.41) is 3.82. The quantitative estimate of drug-likeness (QED) is 0.875. The van der Waals surface area contributed by atoms with Crippen molar-refractivity contribution in [1.29, 1.82) is 0 Å². The summed E-state index contributed by atoms with van der Waals surface area (Å²) in [7, 11) is 0. The molecule has 6 heteroatoms. The Kier molecular flexibility index (Phi) is 3.31. The Morgan fingerprint density at radius 2 is 2.17 bits per heavy atom. The topological polar surface area (TPSA) is 57.6 Å². The lowest BCUT2D eigenvalue weighted by atomic mass is 9.98. The molecule has 0 saturated carbocycles. The largest absolute Gasteiger partial charge is 0.369 e. The van der Waals surface area contributed by atoms with Crippen molar-refractivity contribution in [2.24, 2.45) is 4.99 Å². The van der Waals surface area contributed by atoms with Gasteiger partial charge in [0.2, 0.25) is 0 Å². The summed E-state index contributed by atoms with van der Waals surface area (Å²) < 4.78 is 0. The van der Waals surface area contributed by atoms with Crippen LogP contribution in [0.4, 0.5) is 11.4 Å². The van der Waals surface area contributed by atoms with Gasteiger partial charge in [-0.05, 0) is 31.2 Å². The minimum absolute atomic E-state index is 0.0891. The Balaban J connectivity index is 1.97. The van der Waals surface area contributed by atoms with Crippen molar-refractivity contribution in [3.8, 4) is 0 Å². The molecule has 116 valence electrons. The van der Waals surface area contributed by atoms with Crippen molar-refractivity contribution in [3.63, 3.8) is 0 Å². The van der Waals surface area contributed by atoms with Gasteiger partial charge in [0.25, 0.3) is 0 Å². The number of aromatic nitrogens is 1. The fourth-order valence-electron chi connectivity index (χ4n) is 3.11. The van der Waals surface area contributed by atoms with Gasteiger partial charge < -0.3 is 10.2 Å². The number of Topliss-reactive ketones (excluding diaryl/α,β-unsaturated/α-hetero) is 1. The lowest BCUT2D eigenvalue weighted by Crippen LogP contribution is -2.33. The number of amidine groups is 1. The van der Waals surface area contributed by atoms with Crippen LogP contribution in [0, 0.1) is 6.92 Å². The third-order valence-electron chi connectivity index (χ3n) is 4.19. The standard InChI is InChI=1S/C17H15ClN4O/c1-10-13(3-2-5-19-10)22-9-21-17-16-12(15(23)4-6-20-17)7-11(18)8-14(16)22/h2-3,5,7-8H,4,6,9H2,1H3,(H,20,21). The van der Waals surface area contributed by atoms with Crippen molar-refractivity contribution < 1.29 is 4.79 Å². The van der Waals surface area contributed by atoms with E-state index in [4.69, 9.17) is 11.6 Å². The maximum absolute atomic E-state index is 12.4. The van der Waals surface area contributed by atoms with Crippen LogP contribution < -0.4 is 10.2 Å². The van der Waals surface area contributed by atoms with Gasteiger partial charge >= 0.3 is 0 Å². The molecule has 0 radical (unpaired) electrons. The third kappa shape index (κ3) is 2.28. The number of anilines is 2. The van der Waals surface area contributed by atoms with E-state index in [-0.39, 0.29) is 5.78 Å². The fourth-order valence-corrected chi connectivity index (χ4v) is 3.32. The van der Waals surface area contributed by atoms with Crippen LogP contribution in [0.2, 0.25) is 5.02 Å². The predicted molar refractivity (Wildman–Crippen MR) is 90.9 cm³/mol. The minimum Gasteiger partial charge on any atom is -0.369 e. The second-order valence-corrected chi connectivity index (χ2v) is 6.07. The second-order valence-electron chi connectivity index (χ2n) is 5.63. The van der Waals surface area contributed by atoms with E-state index in [1.807, 2.05) is 25.1 Å². The number of rotatable bonds is 1. The highest BCUT2D eigenvalue weighted by Gasteiger charge is 2.29. The average molecular weight is 327 g/mol. The van der Waals surface area contributed by atoms with E-state index in [1.165, 1.54) is 0 Å². The summed E-state index contributed by atoms with van der Waals surface area (Å²) in [4.78, 5) is 23.5. The molecule has 0 saturated heterocycles. The first kappa shape index (κ1) is 14.2. The van der Waals surface area contributed by atoms with E-state index in [9.17, 15) is 4.79 Å². The number of benzene rings is 1. The summed E-state index contributed by atoms with van der Waals surface area (Å²) in [5.41, 5.74) is 4.26. The predicted octanol–water partition coefficient (Wildman–Crippen LogP) is 3.08. The first-order valence-corrected chi connectivity index (χ1v) is 7.87. The summed E-state index contributed by atoms with van der Waals surface area (Å²) in [6.45, 7) is 3.02. The number of halogens is 1. The molecule has 2 aliphatic heterocycles. The molecule has 3 heterocycles.